The molecule has 2 aromatic heterocycles. The molecule has 4 nitrogen and oxygen atoms in total. The van der Waals surface area contributed by atoms with Gasteiger partial charge in [-0.1, -0.05) is 6.07 Å². The molecule has 1 atom stereocenters. The van der Waals surface area contributed by atoms with E-state index in [4.69, 9.17) is 4.74 Å². The van der Waals surface area contributed by atoms with Crippen molar-refractivity contribution in [3.05, 3.63) is 46.3 Å². The van der Waals surface area contributed by atoms with E-state index in [1.165, 1.54) is 7.11 Å². The fourth-order valence-corrected chi connectivity index (χ4v) is 2.34. The number of carbonyl (C=O) groups excluding carboxylic acids is 1. The summed E-state index contributed by atoms with van der Waals surface area (Å²) in [6.45, 7) is 1.95. The highest BCUT2D eigenvalue weighted by Crippen LogP contribution is 2.20. The van der Waals surface area contributed by atoms with Crippen LogP contribution in [0.1, 0.15) is 28.2 Å². The van der Waals surface area contributed by atoms with Crippen molar-refractivity contribution < 1.29 is 9.53 Å². The molecule has 0 saturated carbocycles. The predicted molar refractivity (Wildman–Crippen MR) is 71.0 cm³/mol. The second-order valence-electron chi connectivity index (χ2n) is 3.77. The quantitative estimate of drug-likeness (QED) is 0.921. The second kappa shape index (κ2) is 5.64. The molecule has 1 N–H and O–H groups in total. The van der Waals surface area contributed by atoms with Gasteiger partial charge in [-0.2, -0.15) is 0 Å². The van der Waals surface area contributed by atoms with Crippen LogP contribution in [0.25, 0.3) is 0 Å². The summed E-state index contributed by atoms with van der Waals surface area (Å²) in [6.07, 6.45) is 1.60. The molecule has 0 aliphatic carbocycles. The number of hydrogen-bond donors (Lipinski definition) is 1. The van der Waals surface area contributed by atoms with E-state index in [9.17, 15) is 4.79 Å². The molecule has 1 amide bonds. The van der Waals surface area contributed by atoms with Gasteiger partial charge < -0.3 is 10.1 Å². The Bertz CT molecular complexity index is 526. The summed E-state index contributed by atoms with van der Waals surface area (Å²) in [4.78, 5) is 17.2. The smallest absolute Gasteiger partial charge is 0.257 e. The zero-order valence-electron chi connectivity index (χ0n) is 10.2. The zero-order chi connectivity index (χ0) is 13.0. The Morgan fingerprint density at radius 1 is 1.44 bits per heavy atom. The van der Waals surface area contributed by atoms with Crippen LogP contribution in [-0.4, -0.2) is 18.0 Å². The molecule has 18 heavy (non-hydrogen) atoms. The summed E-state index contributed by atoms with van der Waals surface area (Å²) in [5.41, 5.74) is 0.448. The fourth-order valence-electron chi connectivity index (χ4n) is 1.61. The maximum atomic E-state index is 12.1. The molecule has 0 fully saturated rings. The van der Waals surface area contributed by atoms with Crippen molar-refractivity contribution in [2.24, 2.45) is 0 Å². The van der Waals surface area contributed by atoms with Gasteiger partial charge in [-0.15, -0.1) is 11.3 Å². The maximum absolute atomic E-state index is 12.1. The molecular weight excluding hydrogens is 248 g/mol. The van der Waals surface area contributed by atoms with Crippen LogP contribution in [0.5, 0.6) is 5.88 Å². The monoisotopic (exact) mass is 262 g/mol. The van der Waals surface area contributed by atoms with Crippen LogP contribution in [0.4, 0.5) is 0 Å². The van der Waals surface area contributed by atoms with Gasteiger partial charge in [0.1, 0.15) is 5.56 Å². The maximum Gasteiger partial charge on any atom is 0.257 e. The van der Waals surface area contributed by atoms with E-state index in [1.807, 2.05) is 24.4 Å². The highest BCUT2D eigenvalue weighted by atomic mass is 32.1. The van der Waals surface area contributed by atoms with E-state index < -0.39 is 0 Å². The van der Waals surface area contributed by atoms with Gasteiger partial charge in [0.15, 0.2) is 0 Å². The highest BCUT2D eigenvalue weighted by Gasteiger charge is 2.16. The van der Waals surface area contributed by atoms with Crippen molar-refractivity contribution >= 4 is 17.2 Å². The number of rotatable bonds is 4. The summed E-state index contributed by atoms with van der Waals surface area (Å²) < 4.78 is 5.07. The van der Waals surface area contributed by atoms with Gasteiger partial charge in [-0.25, -0.2) is 4.98 Å². The molecule has 0 radical (unpaired) electrons. The van der Waals surface area contributed by atoms with Crippen LogP contribution in [0, 0.1) is 0 Å². The van der Waals surface area contributed by atoms with Gasteiger partial charge in [-0.3, -0.25) is 4.79 Å². The van der Waals surface area contributed by atoms with E-state index >= 15 is 0 Å². The molecular formula is C13H14N2O2S. The van der Waals surface area contributed by atoms with Gasteiger partial charge in [-0.05, 0) is 30.5 Å². The Hall–Kier alpha value is -1.88. The molecule has 5 heteroatoms. The average molecular weight is 262 g/mol. The van der Waals surface area contributed by atoms with Gasteiger partial charge in [0.25, 0.3) is 5.91 Å². The first-order valence-electron chi connectivity index (χ1n) is 5.55. The molecule has 2 heterocycles. The summed E-state index contributed by atoms with van der Waals surface area (Å²) in [5.74, 6) is 0.161. The number of carbonyl (C=O) groups is 1. The van der Waals surface area contributed by atoms with Crippen molar-refractivity contribution in [2.45, 2.75) is 13.0 Å². The lowest BCUT2D eigenvalue weighted by Crippen LogP contribution is -2.26. The van der Waals surface area contributed by atoms with E-state index in [0.29, 0.717) is 11.4 Å². The Balaban J connectivity index is 2.12. The standard InChI is InChI=1S/C13H14N2O2S/c1-9(11-6-4-8-18-11)15-12(16)10-5-3-7-14-13(10)17-2/h3-9H,1-2H3,(H,15,16)/t9-/m1/s1. The van der Waals surface area contributed by atoms with Crippen LogP contribution >= 0.6 is 11.3 Å². The topological polar surface area (TPSA) is 51.2 Å². The van der Waals surface area contributed by atoms with Crippen molar-refractivity contribution in [3.63, 3.8) is 0 Å². The third-order valence-electron chi connectivity index (χ3n) is 2.53. The molecule has 2 rings (SSSR count). The minimum absolute atomic E-state index is 0.0255. The first-order valence-corrected chi connectivity index (χ1v) is 6.43. The van der Waals surface area contributed by atoms with E-state index in [-0.39, 0.29) is 11.9 Å². The lowest BCUT2D eigenvalue weighted by molar-refractivity contribution is 0.0936. The zero-order valence-corrected chi connectivity index (χ0v) is 11.0. The van der Waals surface area contributed by atoms with E-state index in [1.54, 1.807) is 29.7 Å². The van der Waals surface area contributed by atoms with Gasteiger partial charge >= 0.3 is 0 Å². The number of ether oxygens (including phenoxy) is 1. The number of pyridine rings is 1. The van der Waals surface area contributed by atoms with Gasteiger partial charge in [0, 0.05) is 11.1 Å². The first kappa shape index (κ1) is 12.6. The van der Waals surface area contributed by atoms with Gasteiger partial charge in [0.05, 0.1) is 13.2 Å². The number of aromatic nitrogens is 1. The van der Waals surface area contributed by atoms with Crippen molar-refractivity contribution in [1.29, 1.82) is 0 Å². The number of hydrogen-bond acceptors (Lipinski definition) is 4. The first-order chi connectivity index (χ1) is 8.72. The molecule has 2 aromatic rings. The number of methoxy groups -OCH3 is 1. The van der Waals surface area contributed by atoms with E-state index in [0.717, 1.165) is 4.88 Å². The minimum Gasteiger partial charge on any atom is -0.480 e. The summed E-state index contributed by atoms with van der Waals surface area (Å²) in [7, 11) is 1.50. The lowest BCUT2D eigenvalue weighted by atomic mass is 10.2. The SMILES string of the molecule is COc1ncccc1C(=O)N[C@H](C)c1cccs1. The van der Waals surface area contributed by atoms with Crippen molar-refractivity contribution in [1.82, 2.24) is 10.3 Å². The Morgan fingerprint density at radius 2 is 2.28 bits per heavy atom. The third-order valence-corrected chi connectivity index (χ3v) is 3.58. The number of nitrogens with one attached hydrogen (secondary N) is 1. The minimum atomic E-state index is -0.180. The van der Waals surface area contributed by atoms with Crippen LogP contribution in [0.15, 0.2) is 35.8 Å². The van der Waals surface area contributed by atoms with E-state index in [2.05, 4.69) is 10.3 Å². The highest BCUT2D eigenvalue weighted by molar-refractivity contribution is 7.10. The second-order valence-corrected chi connectivity index (χ2v) is 4.75. The molecule has 0 aliphatic heterocycles. The fraction of sp³-hybridized carbons (Fsp3) is 0.231. The Labute approximate surface area is 110 Å². The summed E-state index contributed by atoms with van der Waals surface area (Å²) in [5, 5.41) is 4.91. The largest absolute Gasteiger partial charge is 0.480 e. The molecule has 0 aliphatic rings. The summed E-state index contributed by atoms with van der Waals surface area (Å²) in [6, 6.07) is 7.35. The molecule has 0 bridgehead atoms. The number of amides is 1. The molecule has 0 spiro atoms. The molecule has 94 valence electrons. The normalized spacial score (nSPS) is 11.9. The van der Waals surface area contributed by atoms with Crippen LogP contribution < -0.4 is 10.1 Å². The van der Waals surface area contributed by atoms with Gasteiger partial charge in [0.2, 0.25) is 5.88 Å². The van der Waals surface area contributed by atoms with Crippen LogP contribution in [-0.2, 0) is 0 Å². The van der Waals surface area contributed by atoms with Crippen LogP contribution in [0.3, 0.4) is 0 Å². The predicted octanol–water partition coefficient (Wildman–Crippen LogP) is 2.64. The third kappa shape index (κ3) is 2.68. The summed E-state index contributed by atoms with van der Waals surface area (Å²) >= 11 is 1.62. The Kier molecular flexibility index (Phi) is 3.94. The lowest BCUT2D eigenvalue weighted by Gasteiger charge is -2.13. The Morgan fingerprint density at radius 3 is 2.94 bits per heavy atom. The number of thiophene rings is 1. The number of nitrogens with zero attached hydrogens (tertiary/aromatic N) is 1. The van der Waals surface area contributed by atoms with Crippen LogP contribution in [0.2, 0.25) is 0 Å². The molecule has 0 unspecified atom stereocenters. The molecule has 0 saturated heterocycles. The van der Waals surface area contributed by atoms with Crippen molar-refractivity contribution in [2.75, 3.05) is 7.11 Å². The molecule has 0 aromatic carbocycles. The average Bonchev–Trinajstić information content (AvgIpc) is 2.92. The van der Waals surface area contributed by atoms with Crippen molar-refractivity contribution in [3.8, 4) is 5.88 Å².